The minimum Gasteiger partial charge on any atom is -0.366 e. The van der Waals surface area contributed by atoms with Gasteiger partial charge in [-0.2, -0.15) is 0 Å². The van der Waals surface area contributed by atoms with Crippen LogP contribution in [-0.2, 0) is 4.79 Å². The standard InChI is InChI=1S/C12H10N2O/c1-8(12(13)15)10-6-9-4-2-3-5-11(9)14-7-10/h2-7H,1H2,(H2,13,15). The molecular formula is C12H10N2O. The number of amides is 1. The third-order valence-electron chi connectivity index (χ3n) is 2.24. The van der Waals surface area contributed by atoms with Crippen LogP contribution >= 0.6 is 0 Å². The van der Waals surface area contributed by atoms with Crippen LogP contribution in [0.2, 0.25) is 0 Å². The van der Waals surface area contributed by atoms with Crippen LogP contribution in [0.3, 0.4) is 0 Å². The van der Waals surface area contributed by atoms with Crippen molar-refractivity contribution < 1.29 is 4.79 Å². The Morgan fingerprint density at radius 1 is 1.33 bits per heavy atom. The fraction of sp³-hybridized carbons (Fsp3) is 0. The van der Waals surface area contributed by atoms with Crippen molar-refractivity contribution in [1.82, 2.24) is 4.98 Å². The number of carbonyl (C=O) groups excluding carboxylic acids is 1. The van der Waals surface area contributed by atoms with Crippen LogP contribution < -0.4 is 5.73 Å². The zero-order valence-electron chi connectivity index (χ0n) is 8.10. The van der Waals surface area contributed by atoms with Crippen molar-refractivity contribution in [2.45, 2.75) is 0 Å². The SMILES string of the molecule is C=C(C(N)=O)c1cnc2ccccc2c1. The van der Waals surface area contributed by atoms with Gasteiger partial charge in [-0.25, -0.2) is 0 Å². The highest BCUT2D eigenvalue weighted by Crippen LogP contribution is 2.17. The average Bonchev–Trinajstić information content (AvgIpc) is 2.27. The second-order valence-corrected chi connectivity index (χ2v) is 3.26. The minimum absolute atomic E-state index is 0.285. The zero-order valence-corrected chi connectivity index (χ0v) is 8.10. The highest BCUT2D eigenvalue weighted by molar-refractivity contribution is 6.18. The fourth-order valence-corrected chi connectivity index (χ4v) is 1.38. The molecule has 74 valence electrons. The van der Waals surface area contributed by atoms with Gasteiger partial charge in [-0.05, 0) is 12.1 Å². The van der Waals surface area contributed by atoms with Gasteiger partial charge in [0, 0.05) is 22.7 Å². The van der Waals surface area contributed by atoms with E-state index in [-0.39, 0.29) is 5.57 Å². The van der Waals surface area contributed by atoms with Gasteiger partial charge in [0.15, 0.2) is 0 Å². The van der Waals surface area contributed by atoms with Crippen LogP contribution in [0, 0.1) is 0 Å². The van der Waals surface area contributed by atoms with Gasteiger partial charge in [-0.1, -0.05) is 24.8 Å². The van der Waals surface area contributed by atoms with E-state index in [9.17, 15) is 4.79 Å². The van der Waals surface area contributed by atoms with Crippen molar-refractivity contribution in [3.63, 3.8) is 0 Å². The normalized spacial score (nSPS) is 10.1. The molecule has 0 spiro atoms. The molecule has 1 amide bonds. The van der Waals surface area contributed by atoms with Crippen molar-refractivity contribution in [3.8, 4) is 0 Å². The molecule has 15 heavy (non-hydrogen) atoms. The van der Waals surface area contributed by atoms with Gasteiger partial charge in [-0.3, -0.25) is 9.78 Å². The van der Waals surface area contributed by atoms with Gasteiger partial charge in [0.05, 0.1) is 5.52 Å². The summed E-state index contributed by atoms with van der Waals surface area (Å²) in [6.07, 6.45) is 1.61. The summed E-state index contributed by atoms with van der Waals surface area (Å²) in [7, 11) is 0. The molecule has 2 N–H and O–H groups in total. The summed E-state index contributed by atoms with van der Waals surface area (Å²) in [4.78, 5) is 15.1. The molecule has 0 saturated carbocycles. The maximum atomic E-state index is 10.9. The molecule has 0 aliphatic heterocycles. The van der Waals surface area contributed by atoms with Gasteiger partial charge in [0.25, 0.3) is 0 Å². The summed E-state index contributed by atoms with van der Waals surface area (Å²) in [5, 5.41) is 0.970. The average molecular weight is 198 g/mol. The number of aromatic nitrogens is 1. The van der Waals surface area contributed by atoms with Gasteiger partial charge < -0.3 is 5.73 Å². The molecule has 0 aliphatic carbocycles. The molecule has 1 aromatic carbocycles. The van der Waals surface area contributed by atoms with E-state index in [0.717, 1.165) is 10.9 Å². The maximum Gasteiger partial charge on any atom is 0.248 e. The van der Waals surface area contributed by atoms with Crippen LogP contribution in [0.1, 0.15) is 5.56 Å². The molecule has 0 unspecified atom stereocenters. The molecule has 2 rings (SSSR count). The first-order chi connectivity index (χ1) is 7.18. The summed E-state index contributed by atoms with van der Waals surface area (Å²) in [5.41, 5.74) is 6.99. The second-order valence-electron chi connectivity index (χ2n) is 3.26. The first-order valence-corrected chi connectivity index (χ1v) is 4.52. The quantitative estimate of drug-likeness (QED) is 0.747. The van der Waals surface area contributed by atoms with Gasteiger partial charge >= 0.3 is 0 Å². The Balaban J connectivity index is 2.56. The summed E-state index contributed by atoms with van der Waals surface area (Å²) < 4.78 is 0. The number of nitrogens with two attached hydrogens (primary N) is 1. The van der Waals surface area contributed by atoms with Crippen LogP contribution in [0.25, 0.3) is 16.5 Å². The summed E-state index contributed by atoms with van der Waals surface area (Å²) in [6.45, 7) is 3.62. The molecule has 3 heteroatoms. The van der Waals surface area contributed by atoms with Crippen molar-refractivity contribution >= 4 is 22.4 Å². The summed E-state index contributed by atoms with van der Waals surface area (Å²) >= 11 is 0. The zero-order chi connectivity index (χ0) is 10.8. The highest BCUT2D eigenvalue weighted by atomic mass is 16.1. The lowest BCUT2D eigenvalue weighted by Gasteiger charge is -2.02. The number of fused-ring (bicyclic) bond motifs is 1. The van der Waals surface area contributed by atoms with Gasteiger partial charge in [0.2, 0.25) is 5.91 Å². The van der Waals surface area contributed by atoms with Crippen LogP contribution in [-0.4, -0.2) is 10.9 Å². The molecule has 0 saturated heterocycles. The second kappa shape index (κ2) is 3.53. The number of nitrogens with zero attached hydrogens (tertiary/aromatic N) is 1. The monoisotopic (exact) mass is 198 g/mol. The highest BCUT2D eigenvalue weighted by Gasteiger charge is 2.05. The predicted molar refractivity (Wildman–Crippen MR) is 60.0 cm³/mol. The Hall–Kier alpha value is -2.16. The summed E-state index contributed by atoms with van der Waals surface area (Å²) in [5.74, 6) is -0.521. The number of primary amides is 1. The van der Waals surface area contributed by atoms with Crippen LogP contribution in [0.5, 0.6) is 0 Å². The van der Waals surface area contributed by atoms with Gasteiger partial charge in [0.1, 0.15) is 0 Å². The topological polar surface area (TPSA) is 56.0 Å². The predicted octanol–water partition coefficient (Wildman–Crippen LogP) is 1.73. The number of hydrogen-bond donors (Lipinski definition) is 1. The van der Waals surface area contributed by atoms with E-state index in [2.05, 4.69) is 11.6 Å². The number of benzene rings is 1. The smallest absolute Gasteiger partial charge is 0.248 e. The first kappa shape index (κ1) is 9.40. The van der Waals surface area contributed by atoms with Crippen LogP contribution in [0.4, 0.5) is 0 Å². The molecule has 0 atom stereocenters. The Morgan fingerprint density at radius 3 is 2.80 bits per heavy atom. The largest absolute Gasteiger partial charge is 0.366 e. The van der Waals surface area contributed by atoms with E-state index >= 15 is 0 Å². The van der Waals surface area contributed by atoms with E-state index in [1.807, 2.05) is 30.3 Å². The fourth-order valence-electron chi connectivity index (χ4n) is 1.38. The number of pyridine rings is 1. The van der Waals surface area contributed by atoms with Gasteiger partial charge in [-0.15, -0.1) is 0 Å². The van der Waals surface area contributed by atoms with Crippen molar-refractivity contribution in [1.29, 1.82) is 0 Å². The number of para-hydroxylation sites is 1. The maximum absolute atomic E-state index is 10.9. The van der Waals surface area contributed by atoms with E-state index in [1.54, 1.807) is 6.20 Å². The molecule has 1 aromatic heterocycles. The van der Waals surface area contributed by atoms with Crippen molar-refractivity contribution in [3.05, 3.63) is 48.7 Å². The molecule has 0 fully saturated rings. The number of hydrogen-bond acceptors (Lipinski definition) is 2. The molecule has 1 heterocycles. The third-order valence-corrected chi connectivity index (χ3v) is 2.24. The lowest BCUT2D eigenvalue weighted by Crippen LogP contribution is -2.12. The molecule has 2 aromatic rings. The molecular weight excluding hydrogens is 188 g/mol. The Labute approximate surface area is 87.2 Å². The minimum atomic E-state index is -0.521. The lowest BCUT2D eigenvalue weighted by atomic mass is 10.1. The first-order valence-electron chi connectivity index (χ1n) is 4.52. The Bertz CT molecular complexity index is 546. The van der Waals surface area contributed by atoms with E-state index < -0.39 is 5.91 Å². The van der Waals surface area contributed by atoms with E-state index in [1.165, 1.54) is 0 Å². The van der Waals surface area contributed by atoms with Crippen molar-refractivity contribution in [2.24, 2.45) is 5.73 Å². The molecule has 0 radical (unpaired) electrons. The number of carbonyl (C=O) groups is 1. The van der Waals surface area contributed by atoms with Crippen molar-refractivity contribution in [2.75, 3.05) is 0 Å². The lowest BCUT2D eigenvalue weighted by molar-refractivity contribution is -0.112. The van der Waals surface area contributed by atoms with Crippen LogP contribution in [0.15, 0.2) is 43.1 Å². The molecule has 0 bridgehead atoms. The Kier molecular flexibility index (Phi) is 2.21. The third kappa shape index (κ3) is 1.72. The summed E-state index contributed by atoms with van der Waals surface area (Å²) in [6, 6.07) is 9.53. The van der Waals surface area contributed by atoms with E-state index in [0.29, 0.717) is 5.56 Å². The molecule has 0 aliphatic rings. The number of rotatable bonds is 2. The Morgan fingerprint density at radius 2 is 2.07 bits per heavy atom. The molecule has 3 nitrogen and oxygen atoms in total. The van der Waals surface area contributed by atoms with E-state index in [4.69, 9.17) is 5.73 Å².